The molecular weight excluding hydrogens is 208 g/mol. The molecular formula is C12H14O4. The number of hydrogen-bond acceptors (Lipinski definition) is 3. The van der Waals surface area contributed by atoms with E-state index in [4.69, 9.17) is 9.84 Å². The van der Waals surface area contributed by atoms with Gasteiger partial charge >= 0.3 is 11.9 Å². The molecule has 0 radical (unpaired) electrons. The first-order valence-corrected chi connectivity index (χ1v) is 5.01. The molecule has 0 fully saturated rings. The predicted octanol–water partition coefficient (Wildman–Crippen LogP) is 1.64. The Morgan fingerprint density at radius 2 is 1.94 bits per heavy atom. The van der Waals surface area contributed by atoms with E-state index in [0.717, 1.165) is 5.56 Å². The average molecular weight is 222 g/mol. The van der Waals surface area contributed by atoms with Gasteiger partial charge in [0.2, 0.25) is 0 Å². The van der Waals surface area contributed by atoms with Crippen LogP contribution in [0.4, 0.5) is 0 Å². The quantitative estimate of drug-likeness (QED) is 0.769. The van der Waals surface area contributed by atoms with Crippen molar-refractivity contribution in [3.8, 4) is 0 Å². The minimum absolute atomic E-state index is 0.172. The Morgan fingerprint density at radius 3 is 2.44 bits per heavy atom. The predicted molar refractivity (Wildman–Crippen MR) is 58.0 cm³/mol. The van der Waals surface area contributed by atoms with E-state index >= 15 is 0 Å². The van der Waals surface area contributed by atoms with Gasteiger partial charge in [-0.1, -0.05) is 30.3 Å². The van der Waals surface area contributed by atoms with Crippen molar-refractivity contribution in [3.63, 3.8) is 0 Å². The zero-order valence-electron chi connectivity index (χ0n) is 9.05. The Balaban J connectivity index is 2.63. The fourth-order valence-electron chi connectivity index (χ4n) is 1.46. The Labute approximate surface area is 93.9 Å². The van der Waals surface area contributed by atoms with Crippen molar-refractivity contribution < 1.29 is 19.4 Å². The summed E-state index contributed by atoms with van der Waals surface area (Å²) < 4.78 is 4.95. The molecule has 1 N–H and O–H groups in total. The fraction of sp³-hybridized carbons (Fsp3) is 0.333. The number of carboxylic acid groups (broad SMARTS) is 1. The number of hydrogen-bond donors (Lipinski definition) is 1. The summed E-state index contributed by atoms with van der Waals surface area (Å²) in [5.74, 6) is -1.43. The van der Waals surface area contributed by atoms with Crippen LogP contribution in [0, 0.1) is 0 Å². The van der Waals surface area contributed by atoms with Crippen LogP contribution in [-0.2, 0) is 20.7 Å². The van der Waals surface area contributed by atoms with E-state index in [-0.39, 0.29) is 6.42 Å². The van der Waals surface area contributed by atoms with Crippen molar-refractivity contribution in [1.82, 2.24) is 0 Å². The number of aliphatic carboxylic acids is 1. The highest BCUT2D eigenvalue weighted by atomic mass is 16.5. The monoisotopic (exact) mass is 222 g/mol. The van der Waals surface area contributed by atoms with Gasteiger partial charge in [-0.3, -0.25) is 9.59 Å². The number of rotatable bonds is 5. The molecule has 0 saturated heterocycles. The van der Waals surface area contributed by atoms with Gasteiger partial charge in [0.15, 0.2) is 0 Å². The van der Waals surface area contributed by atoms with Gasteiger partial charge in [0.1, 0.15) is 6.10 Å². The molecule has 0 aliphatic heterocycles. The summed E-state index contributed by atoms with van der Waals surface area (Å²) in [5.41, 5.74) is 0.954. The highest BCUT2D eigenvalue weighted by Crippen LogP contribution is 2.09. The van der Waals surface area contributed by atoms with Crippen LogP contribution in [0.3, 0.4) is 0 Å². The van der Waals surface area contributed by atoms with Gasteiger partial charge in [-0.2, -0.15) is 0 Å². The van der Waals surface area contributed by atoms with E-state index in [1.807, 2.05) is 30.3 Å². The number of carbonyl (C=O) groups is 2. The number of carbonyl (C=O) groups excluding carboxylic acids is 1. The SMILES string of the molecule is CC(=O)OC(CC(=O)O)Cc1ccccc1. The summed E-state index contributed by atoms with van der Waals surface area (Å²) in [5, 5.41) is 8.68. The Bertz CT molecular complexity index is 343. The first-order valence-electron chi connectivity index (χ1n) is 5.01. The maximum absolute atomic E-state index is 10.8. The van der Waals surface area contributed by atoms with Crippen molar-refractivity contribution in [2.75, 3.05) is 0 Å². The molecule has 86 valence electrons. The molecule has 0 amide bonds. The van der Waals surface area contributed by atoms with Crippen LogP contribution < -0.4 is 0 Å². The van der Waals surface area contributed by atoms with Gasteiger partial charge in [0, 0.05) is 13.3 Å². The van der Waals surface area contributed by atoms with E-state index in [1.165, 1.54) is 6.92 Å². The van der Waals surface area contributed by atoms with Crippen LogP contribution in [0.5, 0.6) is 0 Å². The summed E-state index contributed by atoms with van der Waals surface area (Å²) in [6.45, 7) is 1.28. The Kier molecular flexibility index (Phi) is 4.51. The number of carboxylic acids is 1. The highest BCUT2D eigenvalue weighted by Gasteiger charge is 2.16. The second-order valence-corrected chi connectivity index (χ2v) is 3.52. The van der Waals surface area contributed by atoms with Crippen LogP contribution in [0.15, 0.2) is 30.3 Å². The average Bonchev–Trinajstić information content (AvgIpc) is 2.16. The summed E-state index contributed by atoms with van der Waals surface area (Å²) in [4.78, 5) is 21.4. The van der Waals surface area contributed by atoms with E-state index in [0.29, 0.717) is 6.42 Å². The van der Waals surface area contributed by atoms with Crippen molar-refractivity contribution in [1.29, 1.82) is 0 Å². The largest absolute Gasteiger partial charge is 0.481 e. The molecule has 1 unspecified atom stereocenters. The first-order chi connectivity index (χ1) is 7.58. The normalized spacial score (nSPS) is 11.8. The van der Waals surface area contributed by atoms with Gasteiger partial charge in [-0.05, 0) is 5.56 Å². The fourth-order valence-corrected chi connectivity index (χ4v) is 1.46. The van der Waals surface area contributed by atoms with E-state index in [2.05, 4.69) is 0 Å². The molecule has 0 spiro atoms. The van der Waals surface area contributed by atoms with E-state index < -0.39 is 18.0 Å². The van der Waals surface area contributed by atoms with Gasteiger partial charge in [0.25, 0.3) is 0 Å². The van der Waals surface area contributed by atoms with Crippen LogP contribution in [-0.4, -0.2) is 23.1 Å². The molecule has 4 nitrogen and oxygen atoms in total. The molecule has 0 heterocycles. The summed E-state index contributed by atoms with van der Waals surface area (Å²) >= 11 is 0. The van der Waals surface area contributed by atoms with E-state index in [9.17, 15) is 9.59 Å². The van der Waals surface area contributed by atoms with Gasteiger partial charge in [-0.25, -0.2) is 0 Å². The number of esters is 1. The molecule has 0 aliphatic rings. The maximum atomic E-state index is 10.8. The van der Waals surface area contributed by atoms with Gasteiger partial charge in [-0.15, -0.1) is 0 Å². The third-order valence-corrected chi connectivity index (χ3v) is 2.04. The smallest absolute Gasteiger partial charge is 0.307 e. The maximum Gasteiger partial charge on any atom is 0.307 e. The lowest BCUT2D eigenvalue weighted by Crippen LogP contribution is -2.22. The molecule has 0 saturated carbocycles. The van der Waals surface area contributed by atoms with Gasteiger partial charge < -0.3 is 9.84 Å². The summed E-state index contributed by atoms with van der Waals surface area (Å²) in [6.07, 6.45) is -0.348. The lowest BCUT2D eigenvalue weighted by Gasteiger charge is -2.14. The second-order valence-electron chi connectivity index (χ2n) is 3.52. The zero-order valence-corrected chi connectivity index (χ0v) is 9.05. The topological polar surface area (TPSA) is 63.6 Å². The lowest BCUT2D eigenvalue weighted by molar-refractivity contribution is -0.150. The third kappa shape index (κ3) is 4.59. The summed E-state index contributed by atoms with van der Waals surface area (Å²) in [6, 6.07) is 9.35. The molecule has 16 heavy (non-hydrogen) atoms. The molecule has 0 bridgehead atoms. The van der Waals surface area contributed by atoms with Crippen molar-refractivity contribution in [2.45, 2.75) is 25.9 Å². The minimum atomic E-state index is -0.970. The van der Waals surface area contributed by atoms with Crippen LogP contribution in [0.1, 0.15) is 18.9 Å². The van der Waals surface area contributed by atoms with Gasteiger partial charge in [0.05, 0.1) is 6.42 Å². The van der Waals surface area contributed by atoms with Crippen molar-refractivity contribution in [2.24, 2.45) is 0 Å². The molecule has 0 aliphatic carbocycles. The third-order valence-electron chi connectivity index (χ3n) is 2.04. The first kappa shape index (κ1) is 12.2. The second kappa shape index (κ2) is 5.90. The molecule has 1 aromatic carbocycles. The number of ether oxygens (including phenoxy) is 1. The van der Waals surface area contributed by atoms with Crippen molar-refractivity contribution >= 4 is 11.9 Å². The molecule has 1 atom stereocenters. The standard InChI is InChI=1S/C12H14O4/c1-9(13)16-11(8-12(14)15)7-10-5-3-2-4-6-10/h2-6,11H,7-8H2,1H3,(H,14,15). The van der Waals surface area contributed by atoms with Crippen LogP contribution in [0.25, 0.3) is 0 Å². The summed E-state index contributed by atoms with van der Waals surface area (Å²) in [7, 11) is 0. The van der Waals surface area contributed by atoms with E-state index in [1.54, 1.807) is 0 Å². The highest BCUT2D eigenvalue weighted by molar-refractivity contribution is 5.69. The van der Waals surface area contributed by atoms with Crippen LogP contribution >= 0.6 is 0 Å². The van der Waals surface area contributed by atoms with Crippen LogP contribution in [0.2, 0.25) is 0 Å². The molecule has 0 aromatic heterocycles. The number of benzene rings is 1. The lowest BCUT2D eigenvalue weighted by atomic mass is 10.1. The molecule has 1 rings (SSSR count). The zero-order chi connectivity index (χ0) is 12.0. The Morgan fingerprint density at radius 1 is 1.31 bits per heavy atom. The molecule has 4 heteroatoms. The molecule has 1 aromatic rings. The van der Waals surface area contributed by atoms with Crippen molar-refractivity contribution in [3.05, 3.63) is 35.9 Å². The Hall–Kier alpha value is -1.84. The minimum Gasteiger partial charge on any atom is -0.481 e.